The predicted molar refractivity (Wildman–Crippen MR) is 99.6 cm³/mol. The molecule has 1 aliphatic rings. The minimum absolute atomic E-state index is 0.121. The van der Waals surface area contributed by atoms with Crippen molar-refractivity contribution in [2.45, 2.75) is 25.9 Å². The van der Waals surface area contributed by atoms with Crippen molar-refractivity contribution in [3.63, 3.8) is 0 Å². The Kier molecular flexibility index (Phi) is 5.86. The van der Waals surface area contributed by atoms with E-state index in [1.807, 2.05) is 54.6 Å². The van der Waals surface area contributed by atoms with E-state index in [-0.39, 0.29) is 25.3 Å². The zero-order valence-electron chi connectivity index (χ0n) is 14.9. The quantitative estimate of drug-likeness (QED) is 0.784. The van der Waals surface area contributed by atoms with Crippen LogP contribution in [0.4, 0.5) is 0 Å². The van der Waals surface area contributed by atoms with Crippen LogP contribution in [0.2, 0.25) is 0 Å². The summed E-state index contributed by atoms with van der Waals surface area (Å²) >= 11 is 0. The van der Waals surface area contributed by atoms with Crippen molar-refractivity contribution < 1.29 is 19.5 Å². The van der Waals surface area contributed by atoms with Crippen LogP contribution < -0.4 is 5.32 Å². The number of carboxylic acids is 1. The van der Waals surface area contributed by atoms with Crippen molar-refractivity contribution in [2.24, 2.45) is 5.92 Å². The van der Waals surface area contributed by atoms with Crippen molar-refractivity contribution in [3.05, 3.63) is 71.3 Å². The van der Waals surface area contributed by atoms with E-state index in [9.17, 15) is 19.5 Å². The second-order valence-corrected chi connectivity index (χ2v) is 6.72. The van der Waals surface area contributed by atoms with Gasteiger partial charge in [0.25, 0.3) is 0 Å². The molecule has 2 aromatic rings. The average molecular weight is 366 g/mol. The molecule has 0 spiro atoms. The number of nitrogens with one attached hydrogen (secondary N) is 1. The molecule has 1 unspecified atom stereocenters. The lowest BCUT2D eigenvalue weighted by molar-refractivity contribution is -0.144. The Hall–Kier alpha value is -3.15. The number of carboxylic acid groups (broad SMARTS) is 1. The number of fused-ring (bicyclic) bond motifs is 1. The number of nitrogens with zero attached hydrogens (tertiary/aromatic N) is 1. The van der Waals surface area contributed by atoms with Gasteiger partial charge in [0.05, 0.1) is 12.5 Å². The number of hydrogen-bond acceptors (Lipinski definition) is 3. The van der Waals surface area contributed by atoms with E-state index in [2.05, 4.69) is 5.32 Å². The molecule has 0 fully saturated rings. The van der Waals surface area contributed by atoms with E-state index in [1.165, 1.54) is 0 Å². The van der Waals surface area contributed by atoms with Crippen molar-refractivity contribution >= 4 is 17.8 Å². The van der Waals surface area contributed by atoms with Crippen molar-refractivity contribution in [1.29, 1.82) is 0 Å². The Balaban J connectivity index is 1.48. The van der Waals surface area contributed by atoms with Gasteiger partial charge in [-0.3, -0.25) is 14.4 Å². The number of carbonyl (C=O) groups is 3. The fraction of sp³-hybridized carbons (Fsp3) is 0.286. The number of rotatable bonds is 7. The van der Waals surface area contributed by atoms with E-state index in [4.69, 9.17) is 0 Å². The summed E-state index contributed by atoms with van der Waals surface area (Å²) < 4.78 is 0. The average Bonchev–Trinajstić information content (AvgIpc) is 3.10. The maximum Gasteiger partial charge on any atom is 0.307 e. The van der Waals surface area contributed by atoms with Crippen molar-refractivity contribution in [3.8, 4) is 0 Å². The third kappa shape index (κ3) is 4.94. The molecule has 0 saturated heterocycles. The van der Waals surface area contributed by atoms with Crippen LogP contribution in [0.25, 0.3) is 0 Å². The standard InChI is InChI=1S/C21H22N2O4/c24-19(11-18(21(26)27)10-15-6-2-1-3-7-15)22-12-20(25)23-13-16-8-4-5-9-17(16)14-23/h1-9,18H,10-14H2,(H,22,24)(H,26,27). The Morgan fingerprint density at radius 2 is 1.56 bits per heavy atom. The number of carbonyl (C=O) groups excluding carboxylic acids is 2. The van der Waals surface area contributed by atoms with E-state index in [1.54, 1.807) is 4.90 Å². The third-order valence-electron chi connectivity index (χ3n) is 4.74. The summed E-state index contributed by atoms with van der Waals surface area (Å²) in [5.74, 6) is -2.44. The van der Waals surface area contributed by atoms with E-state index in [0.29, 0.717) is 13.1 Å². The molecule has 0 bridgehead atoms. The predicted octanol–water partition coefficient (Wildman–Crippen LogP) is 1.98. The van der Waals surface area contributed by atoms with Gasteiger partial charge in [-0.15, -0.1) is 0 Å². The second kappa shape index (κ2) is 8.49. The van der Waals surface area contributed by atoms with Gasteiger partial charge in [-0.1, -0.05) is 54.6 Å². The van der Waals surface area contributed by atoms with Gasteiger partial charge in [0.15, 0.2) is 0 Å². The molecule has 1 aliphatic heterocycles. The molecule has 0 aliphatic carbocycles. The first-order chi connectivity index (χ1) is 13.0. The molecule has 0 aromatic heterocycles. The van der Waals surface area contributed by atoms with Gasteiger partial charge in [0.2, 0.25) is 11.8 Å². The number of hydrogen-bond donors (Lipinski definition) is 2. The van der Waals surface area contributed by atoms with E-state index < -0.39 is 17.8 Å². The van der Waals surface area contributed by atoms with Crippen LogP contribution in [0.1, 0.15) is 23.1 Å². The molecule has 6 heteroatoms. The summed E-state index contributed by atoms with van der Waals surface area (Å²) in [7, 11) is 0. The first-order valence-corrected chi connectivity index (χ1v) is 8.91. The maximum absolute atomic E-state index is 12.3. The summed E-state index contributed by atoms with van der Waals surface area (Å²) in [6.07, 6.45) is 0.122. The highest BCUT2D eigenvalue weighted by Crippen LogP contribution is 2.22. The molecule has 2 N–H and O–H groups in total. The smallest absolute Gasteiger partial charge is 0.307 e. The van der Waals surface area contributed by atoms with Crippen LogP contribution in [0.5, 0.6) is 0 Å². The fourth-order valence-corrected chi connectivity index (χ4v) is 3.24. The minimum Gasteiger partial charge on any atom is -0.481 e. The lowest BCUT2D eigenvalue weighted by Gasteiger charge is -2.17. The summed E-state index contributed by atoms with van der Waals surface area (Å²) in [5.41, 5.74) is 3.10. The molecular formula is C21H22N2O4. The summed E-state index contributed by atoms with van der Waals surface area (Å²) in [5, 5.41) is 11.9. The molecule has 0 saturated carbocycles. The highest BCUT2D eigenvalue weighted by molar-refractivity contribution is 5.87. The van der Waals surface area contributed by atoms with Crippen LogP contribution in [-0.4, -0.2) is 34.3 Å². The van der Waals surface area contributed by atoms with Crippen LogP contribution in [0.3, 0.4) is 0 Å². The zero-order chi connectivity index (χ0) is 19.2. The Morgan fingerprint density at radius 3 is 2.15 bits per heavy atom. The van der Waals surface area contributed by atoms with Gasteiger partial charge >= 0.3 is 5.97 Å². The zero-order valence-corrected chi connectivity index (χ0v) is 14.9. The number of aliphatic carboxylic acids is 1. The van der Waals surface area contributed by atoms with Crippen LogP contribution in [-0.2, 0) is 33.9 Å². The van der Waals surface area contributed by atoms with Gasteiger partial charge in [-0.25, -0.2) is 0 Å². The normalized spacial score (nSPS) is 13.7. The Labute approximate surface area is 157 Å². The second-order valence-electron chi connectivity index (χ2n) is 6.72. The van der Waals surface area contributed by atoms with Crippen molar-refractivity contribution in [2.75, 3.05) is 6.54 Å². The summed E-state index contributed by atoms with van der Waals surface area (Å²) in [4.78, 5) is 37.6. The summed E-state index contributed by atoms with van der Waals surface area (Å²) in [6, 6.07) is 17.0. The largest absolute Gasteiger partial charge is 0.481 e. The van der Waals surface area contributed by atoms with Crippen LogP contribution in [0.15, 0.2) is 54.6 Å². The van der Waals surface area contributed by atoms with E-state index >= 15 is 0 Å². The van der Waals surface area contributed by atoms with E-state index in [0.717, 1.165) is 16.7 Å². The fourth-order valence-electron chi connectivity index (χ4n) is 3.24. The highest BCUT2D eigenvalue weighted by Gasteiger charge is 2.25. The Morgan fingerprint density at radius 1 is 0.963 bits per heavy atom. The lowest BCUT2D eigenvalue weighted by Crippen LogP contribution is -2.38. The van der Waals surface area contributed by atoms with Gasteiger partial charge in [0.1, 0.15) is 0 Å². The number of benzene rings is 2. The molecule has 1 atom stereocenters. The lowest BCUT2D eigenvalue weighted by atomic mass is 9.96. The molecule has 1 heterocycles. The van der Waals surface area contributed by atoms with Crippen molar-refractivity contribution in [1.82, 2.24) is 10.2 Å². The maximum atomic E-state index is 12.3. The first-order valence-electron chi connectivity index (χ1n) is 8.91. The molecule has 140 valence electrons. The minimum atomic E-state index is -1.02. The molecular weight excluding hydrogens is 344 g/mol. The molecule has 6 nitrogen and oxygen atoms in total. The molecule has 2 aromatic carbocycles. The van der Waals surface area contributed by atoms with Crippen LogP contribution >= 0.6 is 0 Å². The highest BCUT2D eigenvalue weighted by atomic mass is 16.4. The van der Waals surface area contributed by atoms with Gasteiger partial charge in [0, 0.05) is 19.5 Å². The topological polar surface area (TPSA) is 86.7 Å². The first kappa shape index (κ1) is 18.6. The molecule has 3 rings (SSSR count). The molecule has 2 amide bonds. The summed E-state index contributed by atoms with van der Waals surface area (Å²) in [6.45, 7) is 0.956. The van der Waals surface area contributed by atoms with Gasteiger partial charge in [-0.2, -0.15) is 0 Å². The monoisotopic (exact) mass is 366 g/mol. The van der Waals surface area contributed by atoms with Gasteiger partial charge < -0.3 is 15.3 Å². The molecule has 27 heavy (non-hydrogen) atoms. The SMILES string of the molecule is O=C(CC(Cc1ccccc1)C(=O)O)NCC(=O)N1Cc2ccccc2C1. The molecule has 0 radical (unpaired) electrons. The Bertz CT molecular complexity index is 810. The third-order valence-corrected chi connectivity index (χ3v) is 4.74. The number of amides is 2. The van der Waals surface area contributed by atoms with Gasteiger partial charge in [-0.05, 0) is 23.1 Å². The van der Waals surface area contributed by atoms with Crippen LogP contribution in [0, 0.1) is 5.92 Å².